The normalized spacial score (nSPS) is 17.5. The molecule has 4 rings (SSSR count). The molecule has 1 unspecified atom stereocenters. The molecule has 3 aromatic rings. The van der Waals surface area contributed by atoms with Crippen LogP contribution in [0.3, 0.4) is 0 Å². The molecule has 4 nitrogen and oxygen atoms in total. The van der Waals surface area contributed by atoms with Crippen LogP contribution in [-0.4, -0.2) is 29.0 Å². The number of nitrogens with zero attached hydrogens (tertiary/aromatic N) is 2. The second-order valence-corrected chi connectivity index (χ2v) is 7.54. The Balaban J connectivity index is 1.49. The quantitative estimate of drug-likeness (QED) is 0.615. The third kappa shape index (κ3) is 3.91. The van der Waals surface area contributed by atoms with E-state index in [1.807, 2.05) is 12.1 Å². The fraction of sp³-hybridized carbons (Fsp3) is 0.375. The van der Waals surface area contributed by atoms with Crippen LogP contribution in [0.5, 0.6) is 5.75 Å². The molecule has 2 heterocycles. The number of fused-ring (bicyclic) bond motifs is 1. The van der Waals surface area contributed by atoms with Gasteiger partial charge in [0.25, 0.3) is 0 Å². The molecule has 0 bridgehead atoms. The summed E-state index contributed by atoms with van der Waals surface area (Å²) in [5.41, 5.74) is 2.40. The smallest absolute Gasteiger partial charge is 0.224 e. The summed E-state index contributed by atoms with van der Waals surface area (Å²) in [6.07, 6.45) is 7.10. The molecule has 0 N–H and O–H groups in total. The summed E-state index contributed by atoms with van der Waals surface area (Å²) in [6.45, 7) is 1.57. The van der Waals surface area contributed by atoms with Gasteiger partial charge in [-0.1, -0.05) is 43.2 Å². The third-order valence-electron chi connectivity index (χ3n) is 5.82. The Morgan fingerprint density at radius 2 is 1.86 bits per heavy atom. The number of aromatic nitrogens is 1. The second kappa shape index (κ2) is 8.51. The summed E-state index contributed by atoms with van der Waals surface area (Å²) >= 11 is 0. The van der Waals surface area contributed by atoms with E-state index in [2.05, 4.69) is 58.1 Å². The predicted octanol–water partition coefficient (Wildman–Crippen LogP) is 5.18. The lowest BCUT2D eigenvalue weighted by molar-refractivity contribution is -0.133. The van der Waals surface area contributed by atoms with Crippen molar-refractivity contribution in [3.05, 3.63) is 66.4 Å². The molecule has 1 aliphatic heterocycles. The zero-order valence-corrected chi connectivity index (χ0v) is 16.5. The number of rotatable bonds is 5. The van der Waals surface area contributed by atoms with Crippen molar-refractivity contribution in [2.45, 2.75) is 44.7 Å². The lowest BCUT2D eigenvalue weighted by Crippen LogP contribution is -2.35. The standard InChI is InChI=1S/C24H28N2O2/c1-28-21-12-10-20(11-13-21)23-9-3-2-6-16-26(23)24(27)15-18-25-17-14-19-7-4-5-8-22(19)25/h4-5,7-8,10-14,17,23H,2-3,6,9,15-16,18H2,1H3. The summed E-state index contributed by atoms with van der Waals surface area (Å²) in [5, 5.41) is 1.22. The number of benzene rings is 2. The van der Waals surface area contributed by atoms with Gasteiger partial charge >= 0.3 is 0 Å². The highest BCUT2D eigenvalue weighted by atomic mass is 16.5. The number of methoxy groups -OCH3 is 1. The van der Waals surface area contributed by atoms with Crippen LogP contribution in [0.4, 0.5) is 0 Å². The Labute approximate surface area is 166 Å². The zero-order valence-electron chi connectivity index (χ0n) is 16.5. The fourth-order valence-electron chi connectivity index (χ4n) is 4.27. The topological polar surface area (TPSA) is 34.5 Å². The van der Waals surface area contributed by atoms with Crippen molar-refractivity contribution in [2.24, 2.45) is 0 Å². The molecule has 1 amide bonds. The first-order valence-corrected chi connectivity index (χ1v) is 10.2. The molecule has 1 aliphatic rings. The molecule has 1 aromatic heterocycles. The van der Waals surface area contributed by atoms with E-state index in [0.29, 0.717) is 6.42 Å². The average Bonchev–Trinajstić information content (AvgIpc) is 2.99. The van der Waals surface area contributed by atoms with Crippen LogP contribution in [0.1, 0.15) is 43.7 Å². The van der Waals surface area contributed by atoms with E-state index in [1.54, 1.807) is 7.11 Å². The number of carbonyl (C=O) groups excluding carboxylic acids is 1. The molecule has 1 saturated heterocycles. The van der Waals surface area contributed by atoms with Crippen LogP contribution in [0.25, 0.3) is 10.9 Å². The van der Waals surface area contributed by atoms with E-state index in [9.17, 15) is 4.79 Å². The van der Waals surface area contributed by atoms with E-state index < -0.39 is 0 Å². The van der Waals surface area contributed by atoms with E-state index in [4.69, 9.17) is 4.74 Å². The van der Waals surface area contributed by atoms with Gasteiger partial charge in [-0.3, -0.25) is 4.79 Å². The zero-order chi connectivity index (χ0) is 19.3. The largest absolute Gasteiger partial charge is 0.497 e. The molecule has 2 aromatic carbocycles. The van der Waals surface area contributed by atoms with Crippen LogP contribution in [0, 0.1) is 0 Å². The molecule has 0 spiro atoms. The number of amides is 1. The molecule has 1 fully saturated rings. The van der Waals surface area contributed by atoms with Gasteiger partial charge in [-0.25, -0.2) is 0 Å². The maximum absolute atomic E-state index is 13.2. The van der Waals surface area contributed by atoms with E-state index >= 15 is 0 Å². The van der Waals surface area contributed by atoms with Gasteiger partial charge in [0.2, 0.25) is 5.91 Å². The van der Waals surface area contributed by atoms with Gasteiger partial charge in [0.1, 0.15) is 5.75 Å². The van der Waals surface area contributed by atoms with E-state index in [1.165, 1.54) is 29.3 Å². The summed E-state index contributed by atoms with van der Waals surface area (Å²) in [4.78, 5) is 15.3. The number of ether oxygens (including phenoxy) is 1. The third-order valence-corrected chi connectivity index (χ3v) is 5.82. The summed E-state index contributed by atoms with van der Waals surface area (Å²) < 4.78 is 7.48. The fourth-order valence-corrected chi connectivity index (χ4v) is 4.27. The van der Waals surface area contributed by atoms with Crippen molar-refractivity contribution < 1.29 is 9.53 Å². The number of hydrogen-bond acceptors (Lipinski definition) is 2. The SMILES string of the molecule is COc1ccc(C2CCCCCN2C(=O)CCn2ccc3ccccc32)cc1. The lowest BCUT2D eigenvalue weighted by atomic mass is 10.0. The highest BCUT2D eigenvalue weighted by molar-refractivity contribution is 5.80. The average molecular weight is 376 g/mol. The highest BCUT2D eigenvalue weighted by Gasteiger charge is 2.26. The Morgan fingerprint density at radius 3 is 2.68 bits per heavy atom. The summed E-state index contributed by atoms with van der Waals surface area (Å²) in [6, 6.07) is 18.8. The molecule has 0 radical (unpaired) electrons. The lowest BCUT2D eigenvalue weighted by Gasteiger charge is -2.31. The van der Waals surface area contributed by atoms with Crippen molar-refractivity contribution in [1.82, 2.24) is 9.47 Å². The van der Waals surface area contributed by atoms with E-state index in [-0.39, 0.29) is 11.9 Å². The van der Waals surface area contributed by atoms with E-state index in [0.717, 1.165) is 31.7 Å². The minimum Gasteiger partial charge on any atom is -0.497 e. The molecular weight excluding hydrogens is 348 g/mol. The van der Waals surface area contributed by atoms with Crippen LogP contribution in [0.2, 0.25) is 0 Å². The number of para-hydroxylation sites is 1. The van der Waals surface area contributed by atoms with Gasteiger partial charge in [-0.2, -0.15) is 0 Å². The van der Waals surface area contributed by atoms with Crippen LogP contribution >= 0.6 is 0 Å². The van der Waals surface area contributed by atoms with Crippen molar-refractivity contribution >= 4 is 16.8 Å². The van der Waals surface area contributed by atoms with Crippen LogP contribution < -0.4 is 4.74 Å². The Morgan fingerprint density at radius 1 is 1.04 bits per heavy atom. The summed E-state index contributed by atoms with van der Waals surface area (Å²) in [5.74, 6) is 1.11. The van der Waals surface area contributed by atoms with Crippen molar-refractivity contribution in [1.29, 1.82) is 0 Å². The monoisotopic (exact) mass is 376 g/mol. The first kappa shape index (κ1) is 18.6. The van der Waals surface area contributed by atoms with Gasteiger partial charge in [0, 0.05) is 31.2 Å². The highest BCUT2D eigenvalue weighted by Crippen LogP contribution is 2.31. The molecule has 0 saturated carbocycles. The maximum Gasteiger partial charge on any atom is 0.224 e. The second-order valence-electron chi connectivity index (χ2n) is 7.54. The Kier molecular flexibility index (Phi) is 5.65. The van der Waals surface area contributed by atoms with Gasteiger partial charge in [0.05, 0.1) is 13.2 Å². The first-order chi connectivity index (χ1) is 13.8. The molecule has 4 heteroatoms. The minimum atomic E-state index is 0.169. The molecular formula is C24H28N2O2. The predicted molar refractivity (Wildman–Crippen MR) is 112 cm³/mol. The van der Waals surface area contributed by atoms with Crippen LogP contribution in [-0.2, 0) is 11.3 Å². The number of carbonyl (C=O) groups is 1. The molecule has 146 valence electrons. The maximum atomic E-state index is 13.2. The van der Waals surface area contributed by atoms with Crippen molar-refractivity contribution in [2.75, 3.05) is 13.7 Å². The minimum absolute atomic E-state index is 0.169. The Hall–Kier alpha value is -2.75. The first-order valence-electron chi connectivity index (χ1n) is 10.2. The van der Waals surface area contributed by atoms with Crippen LogP contribution in [0.15, 0.2) is 60.8 Å². The molecule has 28 heavy (non-hydrogen) atoms. The molecule has 0 aliphatic carbocycles. The number of aryl methyl sites for hydroxylation is 1. The van der Waals surface area contributed by atoms with Gasteiger partial charge in [-0.05, 0) is 48.1 Å². The summed E-state index contributed by atoms with van der Waals surface area (Å²) in [7, 11) is 1.68. The Bertz CT molecular complexity index is 929. The van der Waals surface area contributed by atoms with Crippen molar-refractivity contribution in [3.8, 4) is 5.75 Å². The van der Waals surface area contributed by atoms with Gasteiger partial charge < -0.3 is 14.2 Å². The van der Waals surface area contributed by atoms with Gasteiger partial charge in [0.15, 0.2) is 0 Å². The van der Waals surface area contributed by atoms with Gasteiger partial charge in [-0.15, -0.1) is 0 Å². The number of hydrogen-bond donors (Lipinski definition) is 0. The number of likely N-dealkylation sites (tertiary alicyclic amines) is 1. The molecule has 1 atom stereocenters. The van der Waals surface area contributed by atoms with Crippen molar-refractivity contribution in [3.63, 3.8) is 0 Å².